The molecular weight excluding hydrogens is 234 g/mol. The number of nitrogens with zero attached hydrogens (tertiary/aromatic N) is 3. The van der Waals surface area contributed by atoms with Crippen molar-refractivity contribution in [1.82, 2.24) is 14.4 Å². The molecule has 17 heavy (non-hydrogen) atoms. The second-order valence-electron chi connectivity index (χ2n) is 3.93. The van der Waals surface area contributed by atoms with Crippen molar-refractivity contribution in [3.8, 4) is 11.4 Å². The van der Waals surface area contributed by atoms with E-state index in [1.54, 1.807) is 6.20 Å². The number of aryl methyl sites for hydroxylation is 1. The largest absolute Gasteiger partial charge is 0.315 e. The molecule has 3 nitrogen and oxygen atoms in total. The standard InChI is InChI=1S/C13H10ClN3/c1-9-5-7-17-10(8-9)2-3-12(17)11-4-6-15-13(14)16-11/h2-8H,1H3. The zero-order chi connectivity index (χ0) is 11.8. The van der Waals surface area contributed by atoms with Gasteiger partial charge < -0.3 is 4.40 Å². The highest BCUT2D eigenvalue weighted by Gasteiger charge is 2.06. The number of aromatic nitrogens is 3. The first kappa shape index (κ1) is 10.3. The average Bonchev–Trinajstić information content (AvgIpc) is 2.71. The van der Waals surface area contributed by atoms with Gasteiger partial charge in [-0.2, -0.15) is 0 Å². The lowest BCUT2D eigenvalue weighted by molar-refractivity contribution is 1.12. The summed E-state index contributed by atoms with van der Waals surface area (Å²) in [5.74, 6) is 0. The van der Waals surface area contributed by atoms with Crippen molar-refractivity contribution in [2.45, 2.75) is 6.92 Å². The fourth-order valence-electron chi connectivity index (χ4n) is 1.91. The SMILES string of the molecule is Cc1ccn2c(-c3ccnc(Cl)n3)ccc2c1. The Balaban J connectivity index is 2.24. The number of hydrogen-bond donors (Lipinski definition) is 0. The zero-order valence-electron chi connectivity index (χ0n) is 9.26. The fraction of sp³-hybridized carbons (Fsp3) is 0.0769. The van der Waals surface area contributed by atoms with E-state index in [-0.39, 0.29) is 5.28 Å². The molecule has 0 aliphatic rings. The van der Waals surface area contributed by atoms with E-state index in [0.717, 1.165) is 16.9 Å². The van der Waals surface area contributed by atoms with E-state index in [4.69, 9.17) is 11.6 Å². The molecule has 0 aliphatic carbocycles. The van der Waals surface area contributed by atoms with Gasteiger partial charge in [0.2, 0.25) is 5.28 Å². The van der Waals surface area contributed by atoms with E-state index in [1.807, 2.05) is 18.3 Å². The highest BCUT2D eigenvalue weighted by atomic mass is 35.5. The molecule has 0 saturated carbocycles. The molecule has 0 atom stereocenters. The highest BCUT2D eigenvalue weighted by Crippen LogP contribution is 2.21. The van der Waals surface area contributed by atoms with Gasteiger partial charge in [0.05, 0.1) is 11.4 Å². The van der Waals surface area contributed by atoms with Crippen molar-refractivity contribution >= 4 is 17.1 Å². The molecule has 84 valence electrons. The first-order chi connectivity index (χ1) is 8.24. The predicted octanol–water partition coefficient (Wildman–Crippen LogP) is 3.36. The summed E-state index contributed by atoms with van der Waals surface area (Å²) in [6.07, 6.45) is 3.70. The van der Waals surface area contributed by atoms with Gasteiger partial charge in [0.15, 0.2) is 0 Å². The minimum atomic E-state index is 0.268. The van der Waals surface area contributed by atoms with Crippen molar-refractivity contribution in [2.75, 3.05) is 0 Å². The number of pyridine rings is 1. The van der Waals surface area contributed by atoms with Gasteiger partial charge in [-0.25, -0.2) is 9.97 Å². The number of halogens is 1. The molecular formula is C13H10ClN3. The van der Waals surface area contributed by atoms with E-state index >= 15 is 0 Å². The molecule has 3 rings (SSSR count). The molecule has 0 fully saturated rings. The first-order valence-corrected chi connectivity index (χ1v) is 5.68. The molecule has 0 bridgehead atoms. The van der Waals surface area contributed by atoms with E-state index in [1.165, 1.54) is 5.56 Å². The Morgan fingerprint density at radius 1 is 1.18 bits per heavy atom. The van der Waals surface area contributed by atoms with Gasteiger partial charge in [0, 0.05) is 17.9 Å². The normalized spacial score (nSPS) is 10.9. The molecule has 0 radical (unpaired) electrons. The minimum absolute atomic E-state index is 0.268. The maximum Gasteiger partial charge on any atom is 0.222 e. The van der Waals surface area contributed by atoms with Crippen molar-refractivity contribution in [2.24, 2.45) is 0 Å². The summed E-state index contributed by atoms with van der Waals surface area (Å²) in [6, 6.07) is 10.2. The fourth-order valence-corrected chi connectivity index (χ4v) is 2.06. The van der Waals surface area contributed by atoms with Crippen LogP contribution in [0.2, 0.25) is 5.28 Å². The topological polar surface area (TPSA) is 30.2 Å². The molecule has 0 aliphatic heterocycles. The van der Waals surface area contributed by atoms with Crippen molar-refractivity contribution in [1.29, 1.82) is 0 Å². The second-order valence-corrected chi connectivity index (χ2v) is 4.27. The third-order valence-electron chi connectivity index (χ3n) is 2.70. The van der Waals surface area contributed by atoms with Crippen LogP contribution in [0, 0.1) is 6.92 Å². The maximum atomic E-state index is 5.81. The average molecular weight is 244 g/mol. The molecule has 3 heterocycles. The van der Waals surface area contributed by atoms with Gasteiger partial charge in [0.25, 0.3) is 0 Å². The van der Waals surface area contributed by atoms with Crippen LogP contribution in [-0.2, 0) is 0 Å². The Morgan fingerprint density at radius 2 is 2.06 bits per heavy atom. The van der Waals surface area contributed by atoms with Gasteiger partial charge in [-0.1, -0.05) is 0 Å². The van der Waals surface area contributed by atoms with E-state index in [0.29, 0.717) is 0 Å². The molecule has 0 amide bonds. The van der Waals surface area contributed by atoms with Gasteiger partial charge in [-0.15, -0.1) is 0 Å². The summed E-state index contributed by atoms with van der Waals surface area (Å²) in [4.78, 5) is 8.11. The van der Waals surface area contributed by atoms with E-state index in [2.05, 4.69) is 39.5 Å². The van der Waals surface area contributed by atoms with Crippen LogP contribution in [-0.4, -0.2) is 14.4 Å². The van der Waals surface area contributed by atoms with E-state index < -0.39 is 0 Å². The van der Waals surface area contributed by atoms with Crippen LogP contribution < -0.4 is 0 Å². The lowest BCUT2D eigenvalue weighted by atomic mass is 10.3. The van der Waals surface area contributed by atoms with Crippen LogP contribution in [0.15, 0.2) is 42.7 Å². The summed E-state index contributed by atoms with van der Waals surface area (Å²) >= 11 is 5.81. The lowest BCUT2D eigenvalue weighted by Gasteiger charge is -2.03. The summed E-state index contributed by atoms with van der Waals surface area (Å²) < 4.78 is 2.09. The van der Waals surface area contributed by atoms with Crippen molar-refractivity contribution in [3.05, 3.63) is 53.6 Å². The Hall–Kier alpha value is -1.87. The van der Waals surface area contributed by atoms with Crippen molar-refractivity contribution < 1.29 is 0 Å². The van der Waals surface area contributed by atoms with Crippen LogP contribution in [0.5, 0.6) is 0 Å². The molecule has 0 N–H and O–H groups in total. The van der Waals surface area contributed by atoms with Crippen LogP contribution in [0.4, 0.5) is 0 Å². The zero-order valence-corrected chi connectivity index (χ0v) is 10.0. The Morgan fingerprint density at radius 3 is 2.88 bits per heavy atom. The van der Waals surface area contributed by atoms with Crippen LogP contribution in [0.25, 0.3) is 16.9 Å². The van der Waals surface area contributed by atoms with Gasteiger partial charge in [-0.05, 0) is 54.4 Å². The minimum Gasteiger partial charge on any atom is -0.315 e. The smallest absolute Gasteiger partial charge is 0.222 e. The molecule has 0 saturated heterocycles. The third-order valence-corrected chi connectivity index (χ3v) is 2.88. The third kappa shape index (κ3) is 1.78. The number of hydrogen-bond acceptors (Lipinski definition) is 2. The lowest BCUT2D eigenvalue weighted by Crippen LogP contribution is -1.91. The monoisotopic (exact) mass is 243 g/mol. The Kier molecular flexibility index (Phi) is 2.34. The second kappa shape index (κ2) is 3.86. The summed E-state index contributed by atoms with van der Waals surface area (Å²) in [5.41, 5.74) is 4.23. The summed E-state index contributed by atoms with van der Waals surface area (Å²) in [6.45, 7) is 2.08. The quantitative estimate of drug-likeness (QED) is 0.614. The molecule has 0 aromatic carbocycles. The molecule has 3 aromatic rings. The first-order valence-electron chi connectivity index (χ1n) is 5.31. The Labute approximate surface area is 104 Å². The maximum absolute atomic E-state index is 5.81. The van der Waals surface area contributed by atoms with Crippen LogP contribution in [0.3, 0.4) is 0 Å². The van der Waals surface area contributed by atoms with Gasteiger partial charge in [0.1, 0.15) is 0 Å². The summed E-state index contributed by atoms with van der Waals surface area (Å²) in [7, 11) is 0. The highest BCUT2D eigenvalue weighted by molar-refractivity contribution is 6.28. The van der Waals surface area contributed by atoms with Gasteiger partial charge >= 0.3 is 0 Å². The molecule has 4 heteroatoms. The molecule has 3 aromatic heterocycles. The van der Waals surface area contributed by atoms with Crippen molar-refractivity contribution in [3.63, 3.8) is 0 Å². The predicted molar refractivity (Wildman–Crippen MR) is 68.2 cm³/mol. The molecule has 0 spiro atoms. The van der Waals surface area contributed by atoms with Gasteiger partial charge in [-0.3, -0.25) is 0 Å². The Bertz CT molecular complexity index is 688. The summed E-state index contributed by atoms with van der Waals surface area (Å²) in [5, 5.41) is 0.268. The number of fused-ring (bicyclic) bond motifs is 1. The van der Waals surface area contributed by atoms with Crippen LogP contribution in [0.1, 0.15) is 5.56 Å². The van der Waals surface area contributed by atoms with E-state index in [9.17, 15) is 0 Å². The van der Waals surface area contributed by atoms with Crippen LogP contribution >= 0.6 is 11.6 Å². The number of rotatable bonds is 1. The molecule has 0 unspecified atom stereocenters.